The van der Waals surface area contributed by atoms with E-state index < -0.39 is 34.3 Å². The smallest absolute Gasteiger partial charge is 0.264 e. The van der Waals surface area contributed by atoms with E-state index in [-0.39, 0.29) is 23.3 Å². The molecule has 0 spiro atoms. The molecule has 0 aliphatic heterocycles. The third-order valence-corrected chi connectivity index (χ3v) is 8.66. The van der Waals surface area contributed by atoms with Crippen molar-refractivity contribution in [2.24, 2.45) is 5.92 Å². The Hall–Kier alpha value is -3.43. The number of nitrogens with one attached hydrogen (secondary N) is 1. The van der Waals surface area contributed by atoms with Gasteiger partial charge in [0.05, 0.1) is 10.6 Å². The molecule has 1 N–H and O–H groups in total. The zero-order valence-corrected chi connectivity index (χ0v) is 25.6. The quantitative estimate of drug-likeness (QED) is 0.281. The highest BCUT2D eigenvalue weighted by molar-refractivity contribution is 7.92. The second kappa shape index (κ2) is 14.0. The Kier molecular flexibility index (Phi) is 10.9. The third kappa shape index (κ3) is 8.30. The second-order valence-electron chi connectivity index (χ2n) is 10.5. The summed E-state index contributed by atoms with van der Waals surface area (Å²) in [5, 5.41) is 3.31. The Bertz CT molecular complexity index is 1460. The Balaban J connectivity index is 2.07. The maximum atomic E-state index is 14.1. The first kappa shape index (κ1) is 32.1. The fourth-order valence-electron chi connectivity index (χ4n) is 4.38. The fourth-order valence-corrected chi connectivity index (χ4v) is 6.08. The Morgan fingerprint density at radius 2 is 1.61 bits per heavy atom. The van der Waals surface area contributed by atoms with E-state index in [0.717, 1.165) is 9.87 Å². The van der Waals surface area contributed by atoms with Crippen LogP contribution in [0.15, 0.2) is 71.6 Å². The molecule has 0 aromatic heterocycles. The normalized spacial score (nSPS) is 12.2. The standard InChI is InChI=1S/C31H37ClFN3O4S/c1-6-28(31(38)34-18-21(2)3)35(19-24-9-12-26(33)13-10-24)30(37)20-36(29-16-11-25(32)17-23(29)5)41(39,40)27-14-7-22(4)8-15-27/h7-17,21,28H,6,18-20H2,1-5H3,(H,34,38). The second-order valence-corrected chi connectivity index (χ2v) is 12.8. The molecular weight excluding hydrogens is 565 g/mol. The van der Waals surface area contributed by atoms with Gasteiger partial charge in [0, 0.05) is 18.1 Å². The highest BCUT2D eigenvalue weighted by Crippen LogP contribution is 2.29. The van der Waals surface area contributed by atoms with Gasteiger partial charge in [-0.1, -0.05) is 62.2 Å². The van der Waals surface area contributed by atoms with Crippen molar-refractivity contribution in [1.82, 2.24) is 10.2 Å². The predicted molar refractivity (Wildman–Crippen MR) is 161 cm³/mol. The molecule has 41 heavy (non-hydrogen) atoms. The number of rotatable bonds is 12. The van der Waals surface area contributed by atoms with Crippen molar-refractivity contribution >= 4 is 39.1 Å². The molecule has 1 unspecified atom stereocenters. The molecule has 0 radical (unpaired) electrons. The number of amides is 2. The highest BCUT2D eigenvalue weighted by Gasteiger charge is 2.34. The minimum absolute atomic E-state index is 0.00919. The van der Waals surface area contributed by atoms with Crippen LogP contribution in [0.1, 0.15) is 43.9 Å². The van der Waals surface area contributed by atoms with Gasteiger partial charge in [-0.2, -0.15) is 0 Å². The Labute approximate surface area is 247 Å². The minimum atomic E-state index is -4.19. The van der Waals surface area contributed by atoms with Gasteiger partial charge in [0.25, 0.3) is 10.0 Å². The minimum Gasteiger partial charge on any atom is -0.354 e. The molecule has 0 heterocycles. The maximum absolute atomic E-state index is 14.1. The summed E-state index contributed by atoms with van der Waals surface area (Å²) in [6, 6.07) is 15.9. The van der Waals surface area contributed by atoms with Crippen LogP contribution < -0.4 is 9.62 Å². The number of carbonyl (C=O) groups is 2. The van der Waals surface area contributed by atoms with Crippen molar-refractivity contribution in [3.8, 4) is 0 Å². The van der Waals surface area contributed by atoms with Crippen LogP contribution in [0.5, 0.6) is 0 Å². The number of hydrogen-bond donors (Lipinski definition) is 1. The predicted octanol–water partition coefficient (Wildman–Crippen LogP) is 5.87. The molecule has 0 saturated carbocycles. The van der Waals surface area contributed by atoms with Crippen LogP contribution in [0, 0.1) is 25.6 Å². The summed E-state index contributed by atoms with van der Waals surface area (Å²) in [7, 11) is -4.19. The number of halogens is 2. The monoisotopic (exact) mass is 601 g/mol. The SMILES string of the molecule is CCC(C(=O)NCC(C)C)N(Cc1ccc(F)cc1)C(=O)CN(c1ccc(Cl)cc1C)S(=O)(=O)c1ccc(C)cc1. The molecule has 0 aliphatic rings. The first-order valence-corrected chi connectivity index (χ1v) is 15.3. The van der Waals surface area contributed by atoms with E-state index in [1.807, 2.05) is 20.8 Å². The third-order valence-electron chi connectivity index (χ3n) is 6.65. The van der Waals surface area contributed by atoms with E-state index in [1.54, 1.807) is 56.3 Å². The summed E-state index contributed by atoms with van der Waals surface area (Å²) < 4.78 is 42.7. The van der Waals surface area contributed by atoms with E-state index in [0.29, 0.717) is 34.8 Å². The van der Waals surface area contributed by atoms with Gasteiger partial charge in [0.15, 0.2) is 0 Å². The van der Waals surface area contributed by atoms with Crippen molar-refractivity contribution < 1.29 is 22.4 Å². The van der Waals surface area contributed by atoms with E-state index in [4.69, 9.17) is 11.6 Å². The first-order valence-electron chi connectivity index (χ1n) is 13.5. The molecule has 0 fully saturated rings. The van der Waals surface area contributed by atoms with Crippen LogP contribution in [0.25, 0.3) is 0 Å². The molecule has 0 saturated heterocycles. The molecule has 1 atom stereocenters. The number of hydrogen-bond acceptors (Lipinski definition) is 4. The van der Waals surface area contributed by atoms with Gasteiger partial charge in [-0.3, -0.25) is 13.9 Å². The van der Waals surface area contributed by atoms with Crippen LogP contribution >= 0.6 is 11.6 Å². The molecule has 0 aliphatic carbocycles. The van der Waals surface area contributed by atoms with E-state index in [9.17, 15) is 22.4 Å². The van der Waals surface area contributed by atoms with E-state index >= 15 is 0 Å². The van der Waals surface area contributed by atoms with Gasteiger partial charge in [0.2, 0.25) is 11.8 Å². The number of sulfonamides is 1. The first-order chi connectivity index (χ1) is 19.3. The topological polar surface area (TPSA) is 86.8 Å². The summed E-state index contributed by atoms with van der Waals surface area (Å²) in [4.78, 5) is 28.7. The van der Waals surface area contributed by atoms with Gasteiger partial charge in [-0.25, -0.2) is 12.8 Å². The molecule has 3 aromatic carbocycles. The number of carbonyl (C=O) groups excluding carboxylic acids is 2. The molecule has 3 rings (SSSR count). The average molecular weight is 602 g/mol. The number of nitrogens with zero attached hydrogens (tertiary/aromatic N) is 2. The molecule has 10 heteroatoms. The van der Waals surface area contributed by atoms with Gasteiger partial charge in [0.1, 0.15) is 18.4 Å². The fraction of sp³-hybridized carbons (Fsp3) is 0.355. The maximum Gasteiger partial charge on any atom is 0.264 e. The molecule has 7 nitrogen and oxygen atoms in total. The average Bonchev–Trinajstić information content (AvgIpc) is 2.92. The lowest BCUT2D eigenvalue weighted by Crippen LogP contribution is -2.52. The number of benzene rings is 3. The molecule has 2 amide bonds. The molecular formula is C31H37ClFN3O4S. The zero-order valence-electron chi connectivity index (χ0n) is 24.0. The Morgan fingerprint density at radius 1 is 0.976 bits per heavy atom. The lowest BCUT2D eigenvalue weighted by atomic mass is 10.1. The summed E-state index contributed by atoms with van der Waals surface area (Å²) in [5.41, 5.74) is 2.35. The Morgan fingerprint density at radius 3 is 2.17 bits per heavy atom. The highest BCUT2D eigenvalue weighted by atomic mass is 35.5. The van der Waals surface area contributed by atoms with Crippen molar-refractivity contribution in [2.75, 3.05) is 17.4 Å². The van der Waals surface area contributed by atoms with Crippen LogP contribution in [0.2, 0.25) is 5.02 Å². The lowest BCUT2D eigenvalue weighted by Gasteiger charge is -2.33. The van der Waals surface area contributed by atoms with Crippen molar-refractivity contribution in [2.45, 2.75) is 58.5 Å². The van der Waals surface area contributed by atoms with Crippen molar-refractivity contribution in [3.63, 3.8) is 0 Å². The molecule has 220 valence electrons. The van der Waals surface area contributed by atoms with Crippen LogP contribution in [0.3, 0.4) is 0 Å². The summed E-state index contributed by atoms with van der Waals surface area (Å²) >= 11 is 6.16. The van der Waals surface area contributed by atoms with Gasteiger partial charge in [-0.15, -0.1) is 0 Å². The van der Waals surface area contributed by atoms with Crippen molar-refractivity contribution in [3.05, 3.63) is 94.3 Å². The van der Waals surface area contributed by atoms with Crippen molar-refractivity contribution in [1.29, 1.82) is 0 Å². The summed E-state index contributed by atoms with van der Waals surface area (Å²) in [6.07, 6.45) is 0.293. The zero-order chi connectivity index (χ0) is 30.3. The van der Waals surface area contributed by atoms with Gasteiger partial charge < -0.3 is 10.2 Å². The number of aryl methyl sites for hydroxylation is 2. The summed E-state index contributed by atoms with van der Waals surface area (Å²) in [5.74, 6) is -1.15. The van der Waals surface area contributed by atoms with E-state index in [1.165, 1.54) is 29.2 Å². The largest absolute Gasteiger partial charge is 0.354 e. The lowest BCUT2D eigenvalue weighted by molar-refractivity contribution is -0.140. The molecule has 0 bridgehead atoms. The van der Waals surface area contributed by atoms with Crippen LogP contribution in [-0.2, 0) is 26.2 Å². The number of anilines is 1. The summed E-state index contributed by atoms with van der Waals surface area (Å²) in [6.45, 7) is 9.13. The van der Waals surface area contributed by atoms with E-state index in [2.05, 4.69) is 5.32 Å². The van der Waals surface area contributed by atoms with Crippen LogP contribution in [-0.4, -0.2) is 44.3 Å². The molecule has 3 aromatic rings. The van der Waals surface area contributed by atoms with Gasteiger partial charge in [-0.05, 0) is 79.8 Å². The van der Waals surface area contributed by atoms with Gasteiger partial charge >= 0.3 is 0 Å². The van der Waals surface area contributed by atoms with Crippen LogP contribution in [0.4, 0.5) is 10.1 Å².